The van der Waals surface area contributed by atoms with Crippen LogP contribution < -0.4 is 11.5 Å². The summed E-state index contributed by atoms with van der Waals surface area (Å²) in [7, 11) is 0. The fraction of sp³-hybridized carbons (Fsp3) is 0.200. The van der Waals surface area contributed by atoms with Crippen molar-refractivity contribution < 1.29 is 0 Å². The van der Waals surface area contributed by atoms with Gasteiger partial charge in [-0.1, -0.05) is 24.0 Å². The Bertz CT molecular complexity index is 307. The first-order valence-electron chi connectivity index (χ1n) is 3.84. The average molecular weight is 160 g/mol. The van der Waals surface area contributed by atoms with Crippen molar-refractivity contribution in [2.45, 2.75) is 6.54 Å². The van der Waals surface area contributed by atoms with Crippen molar-refractivity contribution in [1.82, 2.24) is 0 Å². The van der Waals surface area contributed by atoms with Crippen LogP contribution in [0.2, 0.25) is 0 Å². The third kappa shape index (κ3) is 2.39. The second kappa shape index (κ2) is 4.55. The van der Waals surface area contributed by atoms with E-state index in [4.69, 9.17) is 11.5 Å². The number of hydrogen-bond acceptors (Lipinski definition) is 2. The Labute approximate surface area is 72.6 Å². The smallest absolute Gasteiger partial charge is 0.0555 e. The van der Waals surface area contributed by atoms with Crippen LogP contribution in [0, 0.1) is 11.8 Å². The monoisotopic (exact) mass is 160 g/mol. The van der Waals surface area contributed by atoms with Crippen molar-refractivity contribution >= 4 is 0 Å². The molecule has 0 fully saturated rings. The lowest BCUT2D eigenvalue weighted by Gasteiger charge is -1.95. The van der Waals surface area contributed by atoms with E-state index in [1.807, 2.05) is 24.3 Å². The van der Waals surface area contributed by atoms with Crippen LogP contribution in [-0.2, 0) is 6.54 Å². The van der Waals surface area contributed by atoms with Crippen molar-refractivity contribution in [1.29, 1.82) is 0 Å². The fourth-order valence-electron chi connectivity index (χ4n) is 0.929. The molecular weight excluding hydrogens is 148 g/mol. The van der Waals surface area contributed by atoms with Crippen LogP contribution in [-0.4, -0.2) is 6.54 Å². The molecule has 62 valence electrons. The summed E-state index contributed by atoms with van der Waals surface area (Å²) >= 11 is 0. The first kappa shape index (κ1) is 8.79. The Balaban J connectivity index is 2.86. The molecule has 0 amide bonds. The van der Waals surface area contributed by atoms with Gasteiger partial charge in [0.1, 0.15) is 0 Å². The zero-order chi connectivity index (χ0) is 8.81. The maximum atomic E-state index is 5.47. The first-order valence-corrected chi connectivity index (χ1v) is 3.84. The van der Waals surface area contributed by atoms with Crippen LogP contribution >= 0.6 is 0 Å². The molecule has 0 aliphatic rings. The van der Waals surface area contributed by atoms with Gasteiger partial charge < -0.3 is 11.5 Å². The third-order valence-electron chi connectivity index (χ3n) is 1.50. The predicted octanol–water partition coefficient (Wildman–Crippen LogP) is 0.456. The van der Waals surface area contributed by atoms with Crippen molar-refractivity contribution in [3.63, 3.8) is 0 Å². The van der Waals surface area contributed by atoms with E-state index in [1.54, 1.807) is 0 Å². The highest BCUT2D eigenvalue weighted by molar-refractivity contribution is 5.37. The largest absolute Gasteiger partial charge is 0.326 e. The van der Waals surface area contributed by atoms with E-state index in [1.165, 1.54) is 0 Å². The lowest BCUT2D eigenvalue weighted by molar-refractivity contribution is 1.07. The lowest BCUT2D eigenvalue weighted by Crippen LogP contribution is -1.96. The number of benzene rings is 1. The summed E-state index contributed by atoms with van der Waals surface area (Å²) in [5.41, 5.74) is 12.8. The maximum absolute atomic E-state index is 5.47. The minimum absolute atomic E-state index is 0.396. The van der Waals surface area contributed by atoms with Crippen molar-refractivity contribution in [2.75, 3.05) is 6.54 Å². The summed E-state index contributed by atoms with van der Waals surface area (Å²) in [4.78, 5) is 0. The topological polar surface area (TPSA) is 52.0 Å². The van der Waals surface area contributed by atoms with Crippen LogP contribution in [0.1, 0.15) is 11.1 Å². The zero-order valence-electron chi connectivity index (χ0n) is 6.88. The molecule has 1 aromatic rings. The van der Waals surface area contributed by atoms with E-state index in [0.29, 0.717) is 13.1 Å². The van der Waals surface area contributed by atoms with Gasteiger partial charge in [-0.25, -0.2) is 0 Å². The molecule has 12 heavy (non-hydrogen) atoms. The van der Waals surface area contributed by atoms with Crippen LogP contribution in [0.3, 0.4) is 0 Å². The number of hydrogen-bond donors (Lipinski definition) is 2. The maximum Gasteiger partial charge on any atom is 0.0555 e. The molecular formula is C10H12N2. The van der Waals surface area contributed by atoms with E-state index < -0.39 is 0 Å². The Morgan fingerprint density at radius 2 is 2.08 bits per heavy atom. The van der Waals surface area contributed by atoms with Crippen LogP contribution in [0.15, 0.2) is 24.3 Å². The van der Waals surface area contributed by atoms with E-state index in [-0.39, 0.29) is 0 Å². The second-order valence-electron chi connectivity index (χ2n) is 2.41. The molecule has 0 heterocycles. The SMILES string of the molecule is NCC#Cc1cccc(CN)c1. The van der Waals surface area contributed by atoms with Gasteiger partial charge in [0.2, 0.25) is 0 Å². The molecule has 0 saturated heterocycles. The van der Waals surface area contributed by atoms with Gasteiger partial charge in [0.05, 0.1) is 6.54 Å². The summed E-state index contributed by atoms with van der Waals surface area (Å²) in [6, 6.07) is 7.85. The van der Waals surface area contributed by atoms with Gasteiger partial charge in [-0.2, -0.15) is 0 Å². The molecule has 0 saturated carbocycles. The molecule has 0 aliphatic carbocycles. The highest BCUT2D eigenvalue weighted by Crippen LogP contribution is 2.02. The molecule has 0 bridgehead atoms. The van der Waals surface area contributed by atoms with Gasteiger partial charge in [-0.3, -0.25) is 0 Å². The van der Waals surface area contributed by atoms with E-state index >= 15 is 0 Å². The molecule has 0 spiro atoms. The molecule has 0 radical (unpaired) electrons. The van der Waals surface area contributed by atoms with Crippen molar-refractivity contribution in [3.8, 4) is 11.8 Å². The lowest BCUT2D eigenvalue weighted by atomic mass is 10.1. The molecule has 4 N–H and O–H groups in total. The molecule has 1 aromatic carbocycles. The molecule has 1 rings (SSSR count). The Morgan fingerprint density at radius 1 is 1.25 bits per heavy atom. The van der Waals surface area contributed by atoms with Crippen molar-refractivity contribution in [3.05, 3.63) is 35.4 Å². The quantitative estimate of drug-likeness (QED) is 0.586. The molecule has 0 unspecified atom stereocenters. The molecule has 2 heteroatoms. The minimum Gasteiger partial charge on any atom is -0.326 e. The zero-order valence-corrected chi connectivity index (χ0v) is 6.88. The Morgan fingerprint density at radius 3 is 2.75 bits per heavy atom. The normalized spacial score (nSPS) is 8.83. The van der Waals surface area contributed by atoms with Gasteiger partial charge in [0, 0.05) is 12.1 Å². The minimum atomic E-state index is 0.396. The Hall–Kier alpha value is -1.30. The summed E-state index contributed by atoms with van der Waals surface area (Å²) < 4.78 is 0. The summed E-state index contributed by atoms with van der Waals surface area (Å²) in [5.74, 6) is 5.74. The standard InChI is InChI=1S/C10H12N2/c11-6-2-5-9-3-1-4-10(7-9)8-12/h1,3-4,7H,6,8,11-12H2. The fourth-order valence-corrected chi connectivity index (χ4v) is 0.929. The Kier molecular flexibility index (Phi) is 3.34. The molecule has 0 aromatic heterocycles. The summed E-state index contributed by atoms with van der Waals surface area (Å²) in [5, 5.41) is 0. The van der Waals surface area contributed by atoms with Crippen LogP contribution in [0.25, 0.3) is 0 Å². The summed E-state index contributed by atoms with van der Waals surface area (Å²) in [6.07, 6.45) is 0. The van der Waals surface area contributed by atoms with E-state index in [2.05, 4.69) is 11.8 Å². The van der Waals surface area contributed by atoms with E-state index in [9.17, 15) is 0 Å². The second-order valence-corrected chi connectivity index (χ2v) is 2.41. The van der Waals surface area contributed by atoms with Gasteiger partial charge in [0.15, 0.2) is 0 Å². The van der Waals surface area contributed by atoms with E-state index in [0.717, 1.165) is 11.1 Å². The molecule has 0 atom stereocenters. The highest BCUT2D eigenvalue weighted by Gasteiger charge is 1.89. The van der Waals surface area contributed by atoms with Gasteiger partial charge in [-0.15, -0.1) is 0 Å². The summed E-state index contributed by atoms with van der Waals surface area (Å²) in [6.45, 7) is 0.949. The molecule has 2 nitrogen and oxygen atoms in total. The highest BCUT2D eigenvalue weighted by atomic mass is 14.5. The van der Waals surface area contributed by atoms with Gasteiger partial charge in [0.25, 0.3) is 0 Å². The van der Waals surface area contributed by atoms with Gasteiger partial charge in [-0.05, 0) is 17.7 Å². The first-order chi connectivity index (χ1) is 5.86. The number of nitrogens with two attached hydrogens (primary N) is 2. The van der Waals surface area contributed by atoms with Crippen LogP contribution in [0.5, 0.6) is 0 Å². The number of rotatable bonds is 1. The van der Waals surface area contributed by atoms with Gasteiger partial charge >= 0.3 is 0 Å². The van der Waals surface area contributed by atoms with Crippen LogP contribution in [0.4, 0.5) is 0 Å². The van der Waals surface area contributed by atoms with Crippen molar-refractivity contribution in [2.24, 2.45) is 11.5 Å². The third-order valence-corrected chi connectivity index (χ3v) is 1.50. The molecule has 0 aliphatic heterocycles. The average Bonchev–Trinajstić information content (AvgIpc) is 2.15. The predicted molar refractivity (Wildman–Crippen MR) is 50.3 cm³/mol.